The van der Waals surface area contributed by atoms with Crippen molar-refractivity contribution in [1.82, 2.24) is 15.3 Å². The van der Waals surface area contributed by atoms with Gasteiger partial charge in [0.1, 0.15) is 10.3 Å². The number of fused-ring (bicyclic) bond motifs is 4. The Hall–Kier alpha value is -2.73. The van der Waals surface area contributed by atoms with Crippen molar-refractivity contribution in [3.05, 3.63) is 42.5 Å². The molecular weight excluding hydrogens is 332 g/mol. The first-order chi connectivity index (χ1) is 11.9. The van der Waals surface area contributed by atoms with E-state index < -0.39 is 0 Å². The van der Waals surface area contributed by atoms with Crippen LogP contribution in [-0.4, -0.2) is 21.5 Å². The van der Waals surface area contributed by atoms with E-state index in [0.29, 0.717) is 0 Å². The van der Waals surface area contributed by atoms with Gasteiger partial charge in [-0.25, -0.2) is 14.8 Å². The van der Waals surface area contributed by atoms with Crippen molar-refractivity contribution in [2.24, 2.45) is 0 Å². The molecule has 0 atom stereocenters. The first-order valence-corrected chi connectivity index (χ1v) is 8.89. The molecule has 2 N–H and O–H groups in total. The third-order valence-corrected chi connectivity index (χ3v) is 4.78. The minimum Gasteiger partial charge on any atom is -0.333 e. The standard InChI is InChI=1S/C19H18N4OS/c1-19(2,3)23-18(24)20-11-8-9-15-12(10-11)16-17(25-15)22-14-7-5-4-6-13(14)21-16/h4-10H,1-3H3,(H2,20,23,24). The number of benzene rings is 2. The van der Waals surface area contributed by atoms with Crippen molar-refractivity contribution in [1.29, 1.82) is 0 Å². The molecule has 2 aromatic heterocycles. The molecule has 0 radical (unpaired) electrons. The van der Waals surface area contributed by atoms with Gasteiger partial charge in [-0.15, -0.1) is 11.3 Å². The number of rotatable bonds is 1. The first-order valence-electron chi connectivity index (χ1n) is 8.07. The van der Waals surface area contributed by atoms with Crippen LogP contribution in [0.25, 0.3) is 31.5 Å². The van der Waals surface area contributed by atoms with Gasteiger partial charge >= 0.3 is 6.03 Å². The molecule has 0 aliphatic rings. The molecule has 0 spiro atoms. The maximum absolute atomic E-state index is 12.1. The molecule has 0 fully saturated rings. The lowest BCUT2D eigenvalue weighted by Gasteiger charge is -2.20. The highest BCUT2D eigenvalue weighted by molar-refractivity contribution is 7.25. The number of aromatic nitrogens is 2. The number of carbonyl (C=O) groups excluding carboxylic acids is 1. The van der Waals surface area contributed by atoms with Crippen LogP contribution in [0, 0.1) is 0 Å². The van der Waals surface area contributed by atoms with E-state index in [1.807, 2.05) is 63.2 Å². The molecule has 2 heterocycles. The minimum absolute atomic E-state index is 0.220. The number of hydrogen-bond acceptors (Lipinski definition) is 4. The van der Waals surface area contributed by atoms with Crippen LogP contribution >= 0.6 is 11.3 Å². The Labute approximate surface area is 149 Å². The van der Waals surface area contributed by atoms with Crippen LogP contribution in [-0.2, 0) is 0 Å². The number of urea groups is 1. The van der Waals surface area contributed by atoms with E-state index in [4.69, 9.17) is 9.97 Å². The van der Waals surface area contributed by atoms with Gasteiger partial charge < -0.3 is 10.6 Å². The van der Waals surface area contributed by atoms with E-state index in [-0.39, 0.29) is 11.6 Å². The summed E-state index contributed by atoms with van der Waals surface area (Å²) in [4.78, 5) is 22.5. The molecule has 0 saturated carbocycles. The number of nitrogens with one attached hydrogen (secondary N) is 2. The summed E-state index contributed by atoms with van der Waals surface area (Å²) in [5.74, 6) is 0. The van der Waals surface area contributed by atoms with Gasteiger partial charge in [0.05, 0.1) is 11.0 Å². The Morgan fingerprint density at radius 2 is 1.76 bits per heavy atom. The number of thiophene rings is 1. The maximum atomic E-state index is 12.1. The molecule has 2 amide bonds. The van der Waals surface area contributed by atoms with Crippen LogP contribution in [0.4, 0.5) is 10.5 Å². The van der Waals surface area contributed by atoms with E-state index in [1.165, 1.54) is 0 Å². The fourth-order valence-corrected chi connectivity index (χ4v) is 3.73. The zero-order valence-corrected chi connectivity index (χ0v) is 15.1. The van der Waals surface area contributed by atoms with Crippen molar-refractivity contribution >= 4 is 54.5 Å². The van der Waals surface area contributed by atoms with Gasteiger partial charge in [0.25, 0.3) is 0 Å². The predicted molar refractivity (Wildman–Crippen MR) is 104 cm³/mol. The lowest BCUT2D eigenvalue weighted by atomic mass is 10.1. The third-order valence-electron chi connectivity index (χ3n) is 3.73. The van der Waals surface area contributed by atoms with E-state index in [2.05, 4.69) is 10.6 Å². The van der Waals surface area contributed by atoms with Gasteiger partial charge in [0.2, 0.25) is 0 Å². The summed E-state index contributed by atoms with van der Waals surface area (Å²) in [6.07, 6.45) is 0. The zero-order chi connectivity index (χ0) is 17.6. The highest BCUT2D eigenvalue weighted by Gasteiger charge is 2.15. The number of para-hydroxylation sites is 2. The van der Waals surface area contributed by atoms with Gasteiger partial charge in [-0.05, 0) is 51.1 Å². The highest BCUT2D eigenvalue weighted by Crippen LogP contribution is 2.34. The molecule has 5 nitrogen and oxygen atoms in total. The molecular formula is C19H18N4OS. The number of hydrogen-bond donors (Lipinski definition) is 2. The SMILES string of the molecule is CC(C)(C)NC(=O)Nc1ccc2sc3nc4ccccc4nc3c2c1. The molecule has 4 aromatic rings. The van der Waals surface area contributed by atoms with Crippen LogP contribution in [0.15, 0.2) is 42.5 Å². The molecule has 126 valence electrons. The summed E-state index contributed by atoms with van der Waals surface area (Å²) < 4.78 is 1.10. The summed E-state index contributed by atoms with van der Waals surface area (Å²) in [5.41, 5.74) is 3.10. The van der Waals surface area contributed by atoms with Crippen LogP contribution in [0.2, 0.25) is 0 Å². The fourth-order valence-electron chi connectivity index (χ4n) is 2.72. The Bertz CT molecular complexity index is 1110. The van der Waals surface area contributed by atoms with Crippen LogP contribution < -0.4 is 10.6 Å². The normalized spacial score (nSPS) is 12.0. The molecule has 0 unspecified atom stereocenters. The van der Waals surface area contributed by atoms with Gasteiger partial charge in [-0.3, -0.25) is 0 Å². The molecule has 4 rings (SSSR count). The first kappa shape index (κ1) is 15.8. The predicted octanol–water partition coefficient (Wildman–Crippen LogP) is 4.92. The van der Waals surface area contributed by atoms with Crippen LogP contribution in [0.5, 0.6) is 0 Å². The van der Waals surface area contributed by atoms with Crippen molar-refractivity contribution in [2.75, 3.05) is 5.32 Å². The average Bonchev–Trinajstić information content (AvgIpc) is 2.88. The van der Waals surface area contributed by atoms with Crippen LogP contribution in [0.3, 0.4) is 0 Å². The topological polar surface area (TPSA) is 66.9 Å². The van der Waals surface area contributed by atoms with Gasteiger partial charge in [0.15, 0.2) is 0 Å². The number of nitrogens with zero attached hydrogens (tertiary/aromatic N) is 2. The second-order valence-corrected chi connectivity index (χ2v) is 8.04. The monoisotopic (exact) mass is 350 g/mol. The van der Waals surface area contributed by atoms with Gasteiger partial charge in [-0.2, -0.15) is 0 Å². The lowest BCUT2D eigenvalue weighted by Crippen LogP contribution is -2.43. The second kappa shape index (κ2) is 5.67. The molecule has 0 bridgehead atoms. The second-order valence-electron chi connectivity index (χ2n) is 7.01. The summed E-state index contributed by atoms with van der Waals surface area (Å²) in [7, 11) is 0. The van der Waals surface area contributed by atoms with Crippen molar-refractivity contribution in [3.63, 3.8) is 0 Å². The smallest absolute Gasteiger partial charge is 0.319 e. The summed E-state index contributed by atoms with van der Waals surface area (Å²) in [6, 6.07) is 13.5. The Morgan fingerprint density at radius 3 is 2.48 bits per heavy atom. The molecule has 6 heteroatoms. The Morgan fingerprint density at radius 1 is 1.04 bits per heavy atom. The van der Waals surface area contributed by atoms with Crippen molar-refractivity contribution in [3.8, 4) is 0 Å². The summed E-state index contributed by atoms with van der Waals surface area (Å²) in [5, 5.41) is 6.79. The quantitative estimate of drug-likeness (QED) is 0.512. The highest BCUT2D eigenvalue weighted by atomic mass is 32.1. The number of anilines is 1. The number of amides is 2. The average molecular weight is 350 g/mol. The third kappa shape index (κ3) is 3.13. The Kier molecular flexibility index (Phi) is 3.58. The molecule has 2 aromatic carbocycles. The van der Waals surface area contributed by atoms with E-state index in [9.17, 15) is 4.79 Å². The van der Waals surface area contributed by atoms with E-state index in [1.54, 1.807) is 11.3 Å². The Balaban J connectivity index is 1.77. The van der Waals surface area contributed by atoms with E-state index >= 15 is 0 Å². The lowest BCUT2D eigenvalue weighted by molar-refractivity contribution is 0.244. The van der Waals surface area contributed by atoms with E-state index in [0.717, 1.165) is 37.2 Å². The molecule has 0 aliphatic carbocycles. The van der Waals surface area contributed by atoms with Crippen LogP contribution in [0.1, 0.15) is 20.8 Å². The molecule has 0 saturated heterocycles. The number of carbonyl (C=O) groups is 1. The molecule has 0 aliphatic heterocycles. The largest absolute Gasteiger partial charge is 0.333 e. The fraction of sp³-hybridized carbons (Fsp3) is 0.211. The summed E-state index contributed by atoms with van der Waals surface area (Å²) in [6.45, 7) is 5.84. The van der Waals surface area contributed by atoms with Gasteiger partial charge in [0, 0.05) is 21.3 Å². The van der Waals surface area contributed by atoms with Crippen molar-refractivity contribution in [2.45, 2.75) is 26.3 Å². The minimum atomic E-state index is -0.284. The maximum Gasteiger partial charge on any atom is 0.319 e. The summed E-state index contributed by atoms with van der Waals surface area (Å²) >= 11 is 1.61. The molecule has 25 heavy (non-hydrogen) atoms. The van der Waals surface area contributed by atoms with Gasteiger partial charge in [-0.1, -0.05) is 12.1 Å². The zero-order valence-electron chi connectivity index (χ0n) is 14.3. The van der Waals surface area contributed by atoms with Crippen molar-refractivity contribution < 1.29 is 4.79 Å².